The van der Waals surface area contributed by atoms with E-state index in [1.807, 2.05) is 103 Å². The molecule has 0 saturated heterocycles. The highest BCUT2D eigenvalue weighted by Gasteiger charge is 2.18. The van der Waals surface area contributed by atoms with Crippen molar-refractivity contribution in [2.24, 2.45) is 0 Å². The maximum absolute atomic E-state index is 6.19. The third kappa shape index (κ3) is 4.53. The summed E-state index contributed by atoms with van der Waals surface area (Å²) in [7, 11) is 0. The van der Waals surface area contributed by atoms with Gasteiger partial charge in [0.15, 0.2) is 23.1 Å². The average molecular weight is 553 g/mol. The Morgan fingerprint density at radius 1 is 0.349 bits per heavy atom. The molecule has 2 heterocycles. The third-order valence-corrected chi connectivity index (χ3v) is 7.59. The highest BCUT2D eigenvalue weighted by Crippen LogP contribution is 2.39. The van der Waals surface area contributed by atoms with Crippen molar-refractivity contribution in [3.05, 3.63) is 146 Å². The first kappa shape index (κ1) is 24.8. The molecule has 0 aliphatic heterocycles. The van der Waals surface area contributed by atoms with E-state index in [1.54, 1.807) is 0 Å². The molecule has 0 atom stereocenters. The predicted octanol–water partition coefficient (Wildman–Crippen LogP) is 9.50. The largest absolute Gasteiger partial charge is 0.436 e. The van der Waals surface area contributed by atoms with Crippen LogP contribution in [0.1, 0.15) is 0 Å². The van der Waals surface area contributed by atoms with Gasteiger partial charge in [-0.1, -0.05) is 121 Å². The van der Waals surface area contributed by atoms with Gasteiger partial charge in [0.25, 0.3) is 0 Å². The fourth-order valence-electron chi connectivity index (χ4n) is 5.53. The molecule has 0 aliphatic rings. The zero-order valence-corrected chi connectivity index (χ0v) is 23.1. The first-order valence-electron chi connectivity index (χ1n) is 14.2. The summed E-state index contributed by atoms with van der Waals surface area (Å²) in [4.78, 5) is 19.8. The minimum atomic E-state index is 0.607. The van der Waals surface area contributed by atoms with Gasteiger partial charge >= 0.3 is 0 Å². The summed E-state index contributed by atoms with van der Waals surface area (Å²) in [6, 6.07) is 48.8. The fraction of sp³-hybridized carbons (Fsp3) is 0. The van der Waals surface area contributed by atoms with Crippen molar-refractivity contribution in [2.75, 3.05) is 0 Å². The number of rotatable bonds is 5. The summed E-state index contributed by atoms with van der Waals surface area (Å²) >= 11 is 0. The molecule has 0 aliphatic carbocycles. The number of benzene rings is 6. The lowest BCUT2D eigenvalue weighted by atomic mass is 9.94. The molecule has 5 heteroatoms. The second-order valence-corrected chi connectivity index (χ2v) is 10.3. The number of hydrogen-bond donors (Lipinski definition) is 0. The number of para-hydroxylation sites is 1. The Bertz CT molecular complexity index is 2170. The lowest BCUT2D eigenvalue weighted by molar-refractivity contribution is 0.620. The molecule has 0 saturated carbocycles. The molecule has 5 nitrogen and oxygen atoms in total. The molecular formula is C38H24N4O. The Morgan fingerprint density at radius 2 is 0.860 bits per heavy atom. The van der Waals surface area contributed by atoms with Gasteiger partial charge in [0, 0.05) is 27.8 Å². The zero-order valence-electron chi connectivity index (χ0n) is 23.1. The van der Waals surface area contributed by atoms with E-state index < -0.39 is 0 Å². The van der Waals surface area contributed by atoms with E-state index in [9.17, 15) is 0 Å². The quantitative estimate of drug-likeness (QED) is 0.213. The molecule has 8 aromatic rings. The minimum absolute atomic E-state index is 0.607. The molecule has 0 N–H and O–H groups in total. The van der Waals surface area contributed by atoms with Crippen molar-refractivity contribution in [3.63, 3.8) is 0 Å². The fourth-order valence-corrected chi connectivity index (χ4v) is 5.53. The first-order valence-corrected chi connectivity index (χ1v) is 14.2. The summed E-state index contributed by atoms with van der Waals surface area (Å²) in [5.41, 5.74) is 7.43. The summed E-state index contributed by atoms with van der Waals surface area (Å²) in [6.45, 7) is 0. The standard InChI is InChI=1S/C38H24N4O/c1-4-13-25(14-5-1)35-40-36(26-15-6-2-7-16-26)42-37(41-35)32-24-23-30(28-19-10-11-20-29(28)32)31-21-12-22-33-34(31)39-38(43-33)27-17-8-3-9-18-27/h1-24H. The van der Waals surface area contributed by atoms with E-state index >= 15 is 0 Å². The lowest BCUT2D eigenvalue weighted by Crippen LogP contribution is -2.00. The Labute approximate surface area is 248 Å². The molecule has 43 heavy (non-hydrogen) atoms. The Balaban J connectivity index is 1.32. The molecule has 202 valence electrons. The van der Waals surface area contributed by atoms with E-state index in [1.165, 1.54) is 0 Å². The molecule has 0 amide bonds. The summed E-state index contributed by atoms with van der Waals surface area (Å²) < 4.78 is 6.19. The molecule has 6 aromatic carbocycles. The van der Waals surface area contributed by atoms with Crippen molar-refractivity contribution >= 4 is 21.9 Å². The van der Waals surface area contributed by atoms with Crippen molar-refractivity contribution in [2.45, 2.75) is 0 Å². The van der Waals surface area contributed by atoms with Crippen LogP contribution in [0.5, 0.6) is 0 Å². The van der Waals surface area contributed by atoms with Crippen LogP contribution >= 0.6 is 0 Å². The minimum Gasteiger partial charge on any atom is -0.436 e. The second-order valence-electron chi connectivity index (χ2n) is 10.3. The van der Waals surface area contributed by atoms with Gasteiger partial charge in [-0.15, -0.1) is 0 Å². The van der Waals surface area contributed by atoms with Crippen LogP contribution in [-0.2, 0) is 0 Å². The average Bonchev–Trinajstić information content (AvgIpc) is 3.54. The SMILES string of the molecule is c1ccc(-c2nc(-c3ccccc3)nc(-c3ccc(-c4cccc5oc(-c6ccccc6)nc45)c4ccccc34)n2)cc1. The maximum Gasteiger partial charge on any atom is 0.227 e. The maximum atomic E-state index is 6.19. The van der Waals surface area contributed by atoms with Gasteiger partial charge in [-0.2, -0.15) is 0 Å². The Kier molecular flexibility index (Phi) is 6.05. The van der Waals surface area contributed by atoms with Crippen molar-refractivity contribution in [1.82, 2.24) is 19.9 Å². The molecule has 0 spiro atoms. The smallest absolute Gasteiger partial charge is 0.227 e. The second kappa shape index (κ2) is 10.5. The van der Waals surface area contributed by atoms with Crippen LogP contribution in [0.3, 0.4) is 0 Å². The summed E-state index contributed by atoms with van der Waals surface area (Å²) in [5.74, 6) is 2.51. The van der Waals surface area contributed by atoms with Gasteiger partial charge in [-0.3, -0.25) is 0 Å². The zero-order chi connectivity index (χ0) is 28.6. The normalized spacial score (nSPS) is 11.3. The van der Waals surface area contributed by atoms with Crippen molar-refractivity contribution < 1.29 is 4.42 Å². The van der Waals surface area contributed by atoms with Crippen LogP contribution in [0.15, 0.2) is 150 Å². The number of nitrogens with zero attached hydrogens (tertiary/aromatic N) is 4. The first-order chi connectivity index (χ1) is 21.3. The van der Waals surface area contributed by atoms with Crippen LogP contribution in [0.2, 0.25) is 0 Å². The molecule has 0 radical (unpaired) electrons. The molecular weight excluding hydrogens is 528 g/mol. The van der Waals surface area contributed by atoms with Crippen LogP contribution < -0.4 is 0 Å². The van der Waals surface area contributed by atoms with Crippen LogP contribution in [0, 0.1) is 0 Å². The van der Waals surface area contributed by atoms with Gasteiger partial charge in [0.2, 0.25) is 5.89 Å². The molecule has 0 fully saturated rings. The summed E-state index contributed by atoms with van der Waals surface area (Å²) in [5, 5.41) is 2.13. The van der Waals surface area contributed by atoms with Crippen molar-refractivity contribution in [3.8, 4) is 56.7 Å². The van der Waals surface area contributed by atoms with Gasteiger partial charge in [-0.25, -0.2) is 19.9 Å². The molecule has 0 unspecified atom stereocenters. The highest BCUT2D eigenvalue weighted by atomic mass is 16.3. The predicted molar refractivity (Wildman–Crippen MR) is 172 cm³/mol. The van der Waals surface area contributed by atoms with Crippen LogP contribution in [-0.4, -0.2) is 19.9 Å². The van der Waals surface area contributed by atoms with E-state index in [2.05, 4.69) is 42.5 Å². The monoisotopic (exact) mass is 552 g/mol. The van der Waals surface area contributed by atoms with E-state index in [0.29, 0.717) is 23.4 Å². The van der Waals surface area contributed by atoms with Crippen molar-refractivity contribution in [1.29, 1.82) is 0 Å². The lowest BCUT2D eigenvalue weighted by Gasteiger charge is -2.13. The van der Waals surface area contributed by atoms with Gasteiger partial charge in [0.05, 0.1) is 0 Å². The van der Waals surface area contributed by atoms with Gasteiger partial charge in [0.1, 0.15) is 5.52 Å². The highest BCUT2D eigenvalue weighted by molar-refractivity contribution is 6.08. The number of oxazole rings is 1. The number of hydrogen-bond acceptors (Lipinski definition) is 5. The Morgan fingerprint density at radius 3 is 1.49 bits per heavy atom. The summed E-state index contributed by atoms with van der Waals surface area (Å²) in [6.07, 6.45) is 0. The van der Waals surface area contributed by atoms with E-state index in [0.717, 1.165) is 55.3 Å². The van der Waals surface area contributed by atoms with Crippen LogP contribution in [0.4, 0.5) is 0 Å². The number of fused-ring (bicyclic) bond motifs is 2. The van der Waals surface area contributed by atoms with E-state index in [-0.39, 0.29) is 0 Å². The van der Waals surface area contributed by atoms with Gasteiger partial charge in [-0.05, 0) is 40.6 Å². The topological polar surface area (TPSA) is 64.7 Å². The van der Waals surface area contributed by atoms with E-state index in [4.69, 9.17) is 24.4 Å². The number of aromatic nitrogens is 4. The van der Waals surface area contributed by atoms with Crippen LogP contribution in [0.25, 0.3) is 78.6 Å². The Hall–Kier alpha value is -5.94. The molecule has 2 aromatic heterocycles. The molecule has 8 rings (SSSR count). The third-order valence-electron chi connectivity index (χ3n) is 7.59. The van der Waals surface area contributed by atoms with Gasteiger partial charge < -0.3 is 4.42 Å². The molecule has 0 bridgehead atoms.